The highest BCUT2D eigenvalue weighted by Crippen LogP contribution is 2.41. The normalized spacial score (nSPS) is 16.0. The Morgan fingerprint density at radius 2 is 1.93 bits per heavy atom. The molecule has 0 spiro atoms. The fourth-order valence-electron chi connectivity index (χ4n) is 3.28. The number of aryl methyl sites for hydroxylation is 1. The molecule has 1 aliphatic rings. The second kappa shape index (κ2) is 6.62. The van der Waals surface area contributed by atoms with E-state index in [0.717, 1.165) is 24.2 Å². The van der Waals surface area contributed by atoms with Crippen LogP contribution in [0.4, 0.5) is 0 Å². The topological polar surface area (TPSA) is 97.1 Å². The molecule has 7 nitrogen and oxygen atoms in total. The quantitative estimate of drug-likeness (QED) is 0.840. The molecule has 146 valence electrons. The maximum Gasteiger partial charge on any atom is 0.326 e. The molecule has 27 heavy (non-hydrogen) atoms. The summed E-state index contributed by atoms with van der Waals surface area (Å²) in [7, 11) is 0. The number of nitrogens with one attached hydrogen (secondary N) is 1. The SMILES string of the molecule is Cc1nn(C(C)(C)C)c2nc(C3CC3)cc(C(=O)NC(C(=O)O)C(C)C)c12. The Bertz CT molecular complexity index is 904. The van der Waals surface area contributed by atoms with Gasteiger partial charge in [-0.2, -0.15) is 5.10 Å². The number of carboxylic acids is 1. The van der Waals surface area contributed by atoms with Gasteiger partial charge in [0.1, 0.15) is 6.04 Å². The van der Waals surface area contributed by atoms with Crippen LogP contribution < -0.4 is 5.32 Å². The van der Waals surface area contributed by atoms with Crippen LogP contribution in [0.25, 0.3) is 11.0 Å². The fraction of sp³-hybridized carbons (Fsp3) is 0.600. The zero-order chi connectivity index (χ0) is 20.1. The van der Waals surface area contributed by atoms with Crippen molar-refractivity contribution in [2.45, 2.75) is 71.9 Å². The lowest BCUT2D eigenvalue weighted by Crippen LogP contribution is -2.44. The summed E-state index contributed by atoms with van der Waals surface area (Å²) in [5, 5.41) is 17.4. The first-order valence-electron chi connectivity index (χ1n) is 9.45. The molecule has 3 rings (SSSR count). The third kappa shape index (κ3) is 3.68. The maximum atomic E-state index is 13.0. The lowest BCUT2D eigenvalue weighted by Gasteiger charge is -2.21. The van der Waals surface area contributed by atoms with Crippen molar-refractivity contribution in [1.29, 1.82) is 0 Å². The van der Waals surface area contributed by atoms with E-state index in [-0.39, 0.29) is 17.4 Å². The summed E-state index contributed by atoms with van der Waals surface area (Å²) in [6.07, 6.45) is 2.12. The number of carbonyl (C=O) groups is 2. The molecule has 0 radical (unpaired) electrons. The molecule has 0 bridgehead atoms. The predicted octanol–water partition coefficient (Wildman–Crippen LogP) is 3.21. The van der Waals surface area contributed by atoms with Crippen LogP contribution in [0, 0.1) is 12.8 Å². The molecule has 0 aliphatic heterocycles. The van der Waals surface area contributed by atoms with Crippen LogP contribution in [0.15, 0.2) is 6.07 Å². The highest BCUT2D eigenvalue weighted by Gasteiger charge is 2.31. The maximum absolute atomic E-state index is 13.0. The molecular weight excluding hydrogens is 344 g/mol. The van der Waals surface area contributed by atoms with Crippen molar-refractivity contribution < 1.29 is 14.7 Å². The molecular formula is C20H28N4O3. The number of fused-ring (bicyclic) bond motifs is 1. The van der Waals surface area contributed by atoms with Gasteiger partial charge in [-0.1, -0.05) is 13.8 Å². The summed E-state index contributed by atoms with van der Waals surface area (Å²) >= 11 is 0. The highest BCUT2D eigenvalue weighted by atomic mass is 16.4. The van der Waals surface area contributed by atoms with Gasteiger partial charge >= 0.3 is 5.97 Å². The van der Waals surface area contributed by atoms with Gasteiger partial charge in [-0.3, -0.25) is 4.79 Å². The number of carboxylic acid groups (broad SMARTS) is 1. The second-order valence-electron chi connectivity index (χ2n) is 8.77. The summed E-state index contributed by atoms with van der Waals surface area (Å²) in [6, 6.07) is 0.874. The Morgan fingerprint density at radius 1 is 1.30 bits per heavy atom. The molecule has 2 heterocycles. The van der Waals surface area contributed by atoms with Gasteiger partial charge in [0, 0.05) is 11.6 Å². The molecule has 1 amide bonds. The molecule has 2 aromatic rings. The van der Waals surface area contributed by atoms with E-state index in [0.29, 0.717) is 22.5 Å². The van der Waals surface area contributed by atoms with E-state index < -0.39 is 12.0 Å². The predicted molar refractivity (Wildman–Crippen MR) is 103 cm³/mol. The Kier molecular flexibility index (Phi) is 4.74. The summed E-state index contributed by atoms with van der Waals surface area (Å²) in [5.74, 6) is -1.27. The van der Waals surface area contributed by atoms with Crippen molar-refractivity contribution in [3.8, 4) is 0 Å². The van der Waals surface area contributed by atoms with Gasteiger partial charge in [-0.05, 0) is 52.5 Å². The monoisotopic (exact) mass is 372 g/mol. The van der Waals surface area contributed by atoms with Crippen molar-refractivity contribution in [2.75, 3.05) is 0 Å². The second-order valence-corrected chi connectivity index (χ2v) is 8.77. The van der Waals surface area contributed by atoms with Crippen LogP contribution in [0.3, 0.4) is 0 Å². The van der Waals surface area contributed by atoms with E-state index in [9.17, 15) is 14.7 Å². The number of rotatable bonds is 5. The molecule has 1 fully saturated rings. The first-order chi connectivity index (χ1) is 12.5. The molecule has 2 N–H and O–H groups in total. The van der Waals surface area contributed by atoms with E-state index >= 15 is 0 Å². The van der Waals surface area contributed by atoms with E-state index in [2.05, 4.69) is 10.4 Å². The third-order valence-corrected chi connectivity index (χ3v) is 4.93. The summed E-state index contributed by atoms with van der Waals surface area (Å²) in [5.41, 5.74) is 2.47. The van der Waals surface area contributed by atoms with Gasteiger partial charge in [0.15, 0.2) is 5.65 Å². The number of aromatic nitrogens is 3. The largest absolute Gasteiger partial charge is 0.480 e. The fourth-order valence-corrected chi connectivity index (χ4v) is 3.28. The molecule has 2 aromatic heterocycles. The minimum absolute atomic E-state index is 0.218. The number of carbonyl (C=O) groups excluding carboxylic acids is 1. The van der Waals surface area contributed by atoms with Gasteiger partial charge in [0.2, 0.25) is 0 Å². The number of nitrogens with zero attached hydrogens (tertiary/aromatic N) is 3. The van der Waals surface area contributed by atoms with E-state index in [1.54, 1.807) is 13.8 Å². The third-order valence-electron chi connectivity index (χ3n) is 4.93. The molecule has 7 heteroatoms. The van der Waals surface area contributed by atoms with E-state index in [1.165, 1.54) is 0 Å². The van der Waals surface area contributed by atoms with Crippen LogP contribution >= 0.6 is 0 Å². The van der Waals surface area contributed by atoms with Crippen molar-refractivity contribution in [2.24, 2.45) is 5.92 Å². The molecule has 1 unspecified atom stereocenters. The van der Waals surface area contributed by atoms with Gasteiger partial charge in [-0.15, -0.1) is 0 Å². The van der Waals surface area contributed by atoms with Crippen LogP contribution in [-0.4, -0.2) is 37.8 Å². The number of pyridine rings is 1. The molecule has 1 atom stereocenters. The number of hydrogen-bond donors (Lipinski definition) is 2. The molecule has 0 saturated heterocycles. The first-order valence-corrected chi connectivity index (χ1v) is 9.45. The van der Waals surface area contributed by atoms with Crippen molar-refractivity contribution in [3.05, 3.63) is 23.0 Å². The first kappa shape index (κ1) is 19.3. The Morgan fingerprint density at radius 3 is 2.41 bits per heavy atom. The smallest absolute Gasteiger partial charge is 0.326 e. The zero-order valence-corrected chi connectivity index (χ0v) is 16.8. The summed E-state index contributed by atoms with van der Waals surface area (Å²) in [4.78, 5) is 29.4. The van der Waals surface area contributed by atoms with Crippen LogP contribution in [0.2, 0.25) is 0 Å². The van der Waals surface area contributed by atoms with E-state index in [4.69, 9.17) is 4.98 Å². The molecule has 1 saturated carbocycles. The van der Waals surface area contributed by atoms with Gasteiger partial charge in [-0.25, -0.2) is 14.5 Å². The van der Waals surface area contributed by atoms with Crippen LogP contribution in [-0.2, 0) is 10.3 Å². The van der Waals surface area contributed by atoms with Gasteiger partial charge < -0.3 is 10.4 Å². The number of aliphatic carboxylic acids is 1. The average molecular weight is 372 g/mol. The van der Waals surface area contributed by atoms with Gasteiger partial charge in [0.05, 0.1) is 22.2 Å². The molecule has 1 aliphatic carbocycles. The lowest BCUT2D eigenvalue weighted by atomic mass is 10.0. The minimum Gasteiger partial charge on any atom is -0.480 e. The van der Waals surface area contributed by atoms with Crippen LogP contribution in [0.5, 0.6) is 0 Å². The Labute approximate surface area is 159 Å². The average Bonchev–Trinajstić information content (AvgIpc) is 3.34. The summed E-state index contributed by atoms with van der Waals surface area (Å²) < 4.78 is 1.86. The zero-order valence-electron chi connectivity index (χ0n) is 16.8. The number of amides is 1. The Hall–Kier alpha value is -2.44. The van der Waals surface area contributed by atoms with Crippen molar-refractivity contribution >= 4 is 22.9 Å². The van der Waals surface area contributed by atoms with Gasteiger partial charge in [0.25, 0.3) is 5.91 Å². The minimum atomic E-state index is -1.03. The lowest BCUT2D eigenvalue weighted by molar-refractivity contribution is -0.140. The Balaban J connectivity index is 2.15. The van der Waals surface area contributed by atoms with E-state index in [1.807, 2.05) is 38.4 Å². The van der Waals surface area contributed by atoms with Crippen molar-refractivity contribution in [3.63, 3.8) is 0 Å². The number of hydrogen-bond acceptors (Lipinski definition) is 4. The summed E-state index contributed by atoms with van der Waals surface area (Å²) in [6.45, 7) is 11.5. The standard InChI is InChI=1S/C20H28N4O3/c1-10(2)16(19(26)27)22-18(25)13-9-14(12-7-8-12)21-17-15(13)11(3)23-24(17)20(4,5)6/h9-10,12,16H,7-8H2,1-6H3,(H,22,25)(H,26,27). The van der Waals surface area contributed by atoms with Crippen LogP contribution in [0.1, 0.15) is 75.1 Å². The van der Waals surface area contributed by atoms with Crippen molar-refractivity contribution in [1.82, 2.24) is 20.1 Å². The molecule has 0 aromatic carbocycles. The highest BCUT2D eigenvalue weighted by molar-refractivity contribution is 6.07.